The third-order valence-corrected chi connectivity index (χ3v) is 7.46. The van der Waals surface area contributed by atoms with E-state index in [1.165, 1.54) is 16.7 Å². The van der Waals surface area contributed by atoms with Gasteiger partial charge in [0.05, 0.1) is 5.75 Å². The van der Waals surface area contributed by atoms with Crippen molar-refractivity contribution in [3.63, 3.8) is 0 Å². The van der Waals surface area contributed by atoms with Crippen molar-refractivity contribution < 1.29 is 9.59 Å². The van der Waals surface area contributed by atoms with E-state index in [0.29, 0.717) is 31.2 Å². The van der Waals surface area contributed by atoms with Crippen molar-refractivity contribution in [3.8, 4) is 0 Å². The molecule has 6 heteroatoms. The molecule has 1 atom stereocenters. The molecule has 0 saturated heterocycles. The minimum absolute atomic E-state index is 0.0324. The zero-order valence-electron chi connectivity index (χ0n) is 22.2. The normalized spacial score (nSPS) is 11.8. The molecule has 0 aliphatic carbocycles. The number of halogens is 1. The maximum Gasteiger partial charge on any atom is 0.243 e. The van der Waals surface area contributed by atoms with Gasteiger partial charge in [0.2, 0.25) is 11.8 Å². The number of benzene rings is 3. The van der Waals surface area contributed by atoms with E-state index in [4.69, 9.17) is 0 Å². The lowest BCUT2D eigenvalue weighted by Gasteiger charge is -2.32. The SMILES string of the molecule is Cc1cc(C)cc(CSCC(=O)N(Cc2cccc(Br)c2)[C@H](Cc2ccccc2)C(=O)NCC(C)C)c1. The highest BCUT2D eigenvalue weighted by atomic mass is 79.9. The lowest BCUT2D eigenvalue weighted by molar-refractivity contribution is -0.139. The average Bonchev–Trinajstić information content (AvgIpc) is 2.84. The maximum atomic E-state index is 13.7. The Labute approximate surface area is 234 Å². The summed E-state index contributed by atoms with van der Waals surface area (Å²) >= 11 is 5.14. The van der Waals surface area contributed by atoms with Crippen molar-refractivity contribution in [1.29, 1.82) is 0 Å². The molecule has 0 heterocycles. The van der Waals surface area contributed by atoms with Crippen LogP contribution in [0.1, 0.15) is 41.7 Å². The Hall–Kier alpha value is -2.57. The van der Waals surface area contributed by atoms with Crippen molar-refractivity contribution in [2.24, 2.45) is 5.92 Å². The van der Waals surface area contributed by atoms with E-state index < -0.39 is 6.04 Å². The van der Waals surface area contributed by atoms with E-state index in [0.717, 1.165) is 21.4 Å². The van der Waals surface area contributed by atoms with Gasteiger partial charge in [-0.15, -0.1) is 11.8 Å². The van der Waals surface area contributed by atoms with Gasteiger partial charge in [-0.25, -0.2) is 0 Å². The Bertz CT molecular complexity index is 1160. The molecule has 4 nitrogen and oxygen atoms in total. The van der Waals surface area contributed by atoms with Gasteiger partial charge in [0.25, 0.3) is 0 Å². The molecule has 0 spiro atoms. The smallest absolute Gasteiger partial charge is 0.243 e. The lowest BCUT2D eigenvalue weighted by Crippen LogP contribution is -2.51. The highest BCUT2D eigenvalue weighted by Crippen LogP contribution is 2.21. The van der Waals surface area contributed by atoms with Gasteiger partial charge in [0.1, 0.15) is 6.04 Å². The summed E-state index contributed by atoms with van der Waals surface area (Å²) in [7, 11) is 0. The summed E-state index contributed by atoms with van der Waals surface area (Å²) < 4.78 is 0.949. The molecule has 0 fully saturated rings. The Morgan fingerprint density at radius 2 is 1.57 bits per heavy atom. The van der Waals surface area contributed by atoms with Crippen LogP contribution in [0, 0.1) is 19.8 Å². The van der Waals surface area contributed by atoms with Gasteiger partial charge in [-0.05, 0) is 48.6 Å². The van der Waals surface area contributed by atoms with Crippen LogP contribution >= 0.6 is 27.7 Å². The molecule has 0 aliphatic rings. The lowest BCUT2D eigenvalue weighted by atomic mass is 10.0. The average molecular weight is 582 g/mol. The summed E-state index contributed by atoms with van der Waals surface area (Å²) in [6.07, 6.45) is 0.465. The first-order valence-corrected chi connectivity index (χ1v) is 14.7. The quantitative estimate of drug-likeness (QED) is 0.259. The molecule has 3 aromatic rings. The number of hydrogen-bond donors (Lipinski definition) is 1. The zero-order chi connectivity index (χ0) is 26.8. The van der Waals surface area contributed by atoms with E-state index in [1.54, 1.807) is 16.7 Å². The van der Waals surface area contributed by atoms with Gasteiger partial charge in [0.15, 0.2) is 0 Å². The molecular formula is C31H37BrN2O2S. The van der Waals surface area contributed by atoms with Crippen LogP contribution in [0.5, 0.6) is 0 Å². The zero-order valence-corrected chi connectivity index (χ0v) is 24.6. The molecule has 1 N–H and O–H groups in total. The highest BCUT2D eigenvalue weighted by Gasteiger charge is 2.30. The largest absolute Gasteiger partial charge is 0.354 e. The molecule has 0 aliphatic heterocycles. The third-order valence-electron chi connectivity index (χ3n) is 5.97. The number of rotatable bonds is 12. The number of carbonyl (C=O) groups is 2. The van der Waals surface area contributed by atoms with Gasteiger partial charge < -0.3 is 10.2 Å². The van der Waals surface area contributed by atoms with Crippen molar-refractivity contribution in [2.45, 2.75) is 52.5 Å². The first-order chi connectivity index (χ1) is 17.7. The minimum Gasteiger partial charge on any atom is -0.354 e. The number of nitrogens with one attached hydrogen (secondary N) is 1. The Morgan fingerprint density at radius 3 is 2.22 bits per heavy atom. The number of hydrogen-bond acceptors (Lipinski definition) is 3. The third kappa shape index (κ3) is 9.67. The number of aryl methyl sites for hydroxylation is 2. The second-order valence-corrected chi connectivity index (χ2v) is 11.9. The fraction of sp³-hybridized carbons (Fsp3) is 0.355. The number of carbonyl (C=O) groups excluding carboxylic acids is 2. The van der Waals surface area contributed by atoms with Crippen molar-refractivity contribution in [3.05, 3.63) is 105 Å². The first-order valence-electron chi connectivity index (χ1n) is 12.7. The molecule has 196 valence electrons. The molecule has 3 rings (SSSR count). The Kier molecular flexibility index (Phi) is 11.3. The molecule has 0 radical (unpaired) electrons. The summed E-state index contributed by atoms with van der Waals surface area (Å²) in [6.45, 7) is 9.27. The van der Waals surface area contributed by atoms with Gasteiger partial charge in [-0.1, -0.05) is 102 Å². The first kappa shape index (κ1) is 29.0. The second kappa shape index (κ2) is 14.4. The number of nitrogens with zero attached hydrogens (tertiary/aromatic N) is 1. The van der Waals surface area contributed by atoms with Gasteiger partial charge in [-0.3, -0.25) is 9.59 Å². The molecular weight excluding hydrogens is 544 g/mol. The van der Waals surface area contributed by atoms with Crippen LogP contribution < -0.4 is 5.32 Å². The predicted octanol–water partition coefficient (Wildman–Crippen LogP) is 6.71. The molecule has 37 heavy (non-hydrogen) atoms. The molecule has 0 unspecified atom stereocenters. The van der Waals surface area contributed by atoms with Crippen LogP contribution in [0.25, 0.3) is 0 Å². The van der Waals surface area contributed by atoms with Gasteiger partial charge in [-0.2, -0.15) is 0 Å². The molecule has 3 aromatic carbocycles. The topological polar surface area (TPSA) is 49.4 Å². The summed E-state index contributed by atoms with van der Waals surface area (Å²) in [4.78, 5) is 29.0. The fourth-order valence-corrected chi connectivity index (χ4v) is 5.59. The summed E-state index contributed by atoms with van der Waals surface area (Å²) in [6, 6.07) is 23.8. The van der Waals surface area contributed by atoms with E-state index in [-0.39, 0.29) is 11.8 Å². The number of thioether (sulfide) groups is 1. The van der Waals surface area contributed by atoms with Crippen molar-refractivity contribution in [1.82, 2.24) is 10.2 Å². The van der Waals surface area contributed by atoms with Crippen LogP contribution in [0.3, 0.4) is 0 Å². The molecule has 0 saturated carbocycles. The molecule has 2 amide bonds. The van der Waals surface area contributed by atoms with Gasteiger partial charge in [0, 0.05) is 29.7 Å². The standard InChI is InChI=1S/C31H37BrN2O2S/c1-22(2)18-33-31(36)29(17-25-9-6-5-7-10-25)34(19-26-11-8-12-28(32)16-26)30(35)21-37-20-27-14-23(3)13-24(4)15-27/h5-16,22,29H,17-21H2,1-4H3,(H,33,36)/t29-/m1/s1. The highest BCUT2D eigenvalue weighted by molar-refractivity contribution is 9.10. The monoisotopic (exact) mass is 580 g/mol. The summed E-state index contributed by atoms with van der Waals surface area (Å²) in [5, 5.41) is 3.08. The van der Waals surface area contributed by atoms with E-state index in [2.05, 4.69) is 67.1 Å². The molecule has 0 bridgehead atoms. The summed E-state index contributed by atoms with van der Waals surface area (Å²) in [5.74, 6) is 1.24. The Morgan fingerprint density at radius 1 is 0.892 bits per heavy atom. The van der Waals surface area contributed by atoms with Gasteiger partial charge >= 0.3 is 0 Å². The maximum absolute atomic E-state index is 13.7. The second-order valence-electron chi connectivity index (χ2n) is 9.98. The van der Waals surface area contributed by atoms with Crippen LogP contribution in [-0.4, -0.2) is 35.1 Å². The van der Waals surface area contributed by atoms with Crippen LogP contribution in [0.4, 0.5) is 0 Å². The number of amides is 2. The Balaban J connectivity index is 1.85. The molecule has 0 aromatic heterocycles. The van der Waals surface area contributed by atoms with Crippen molar-refractivity contribution >= 4 is 39.5 Å². The van der Waals surface area contributed by atoms with E-state index >= 15 is 0 Å². The van der Waals surface area contributed by atoms with Crippen LogP contribution in [0.2, 0.25) is 0 Å². The van der Waals surface area contributed by atoms with Crippen LogP contribution in [0.15, 0.2) is 77.3 Å². The predicted molar refractivity (Wildman–Crippen MR) is 159 cm³/mol. The fourth-order valence-electron chi connectivity index (χ4n) is 4.30. The van der Waals surface area contributed by atoms with E-state index in [1.807, 2.05) is 54.6 Å². The van der Waals surface area contributed by atoms with Crippen molar-refractivity contribution in [2.75, 3.05) is 12.3 Å². The minimum atomic E-state index is -0.602. The van der Waals surface area contributed by atoms with Crippen LogP contribution in [-0.2, 0) is 28.3 Å². The summed E-state index contributed by atoms with van der Waals surface area (Å²) in [5.41, 5.74) is 5.68. The van der Waals surface area contributed by atoms with E-state index in [9.17, 15) is 9.59 Å².